The molecular formula is C20H29N5O2. The Labute approximate surface area is 160 Å². The normalized spacial score (nSPS) is 19.2. The van der Waals surface area contributed by atoms with E-state index in [9.17, 15) is 4.79 Å². The Balaban J connectivity index is 1.60. The maximum Gasteiger partial charge on any atom is 0.315 e. The summed E-state index contributed by atoms with van der Waals surface area (Å²) >= 11 is 0. The van der Waals surface area contributed by atoms with Crippen LogP contribution in [-0.2, 0) is 11.3 Å². The quantitative estimate of drug-likeness (QED) is 0.696. The van der Waals surface area contributed by atoms with Gasteiger partial charge >= 0.3 is 6.03 Å². The molecule has 0 radical (unpaired) electrons. The van der Waals surface area contributed by atoms with E-state index >= 15 is 0 Å². The van der Waals surface area contributed by atoms with Crippen molar-refractivity contribution in [3.8, 4) is 5.69 Å². The smallest absolute Gasteiger partial charge is 0.315 e. The lowest BCUT2D eigenvalue weighted by Gasteiger charge is -2.29. The first kappa shape index (κ1) is 19.4. The molecule has 1 aliphatic rings. The fraction of sp³-hybridized carbons (Fsp3) is 0.500. The Bertz CT molecular complexity index is 780. The molecule has 2 amide bonds. The van der Waals surface area contributed by atoms with Crippen LogP contribution in [0.2, 0.25) is 0 Å². The molecule has 3 N–H and O–H groups in total. The Morgan fingerprint density at radius 2 is 2.15 bits per heavy atom. The van der Waals surface area contributed by atoms with Crippen LogP contribution >= 0.6 is 0 Å². The van der Waals surface area contributed by atoms with Crippen molar-refractivity contribution in [2.24, 2.45) is 0 Å². The fourth-order valence-corrected chi connectivity index (χ4v) is 3.70. The Hall–Kier alpha value is -2.38. The maximum absolute atomic E-state index is 12.3. The molecule has 0 saturated carbocycles. The van der Waals surface area contributed by atoms with Crippen molar-refractivity contribution in [3.63, 3.8) is 0 Å². The third kappa shape index (κ3) is 4.67. The molecular weight excluding hydrogens is 342 g/mol. The van der Waals surface area contributed by atoms with E-state index in [1.54, 1.807) is 7.11 Å². The van der Waals surface area contributed by atoms with Crippen molar-refractivity contribution in [3.05, 3.63) is 47.3 Å². The number of para-hydroxylation sites is 1. The molecule has 0 bridgehead atoms. The number of hydrogen-bond donors (Lipinski definition) is 3. The number of urea groups is 1. The molecule has 1 aliphatic heterocycles. The molecule has 0 spiro atoms. The number of nitrogens with zero attached hydrogens (tertiary/aromatic N) is 2. The molecule has 1 atom stereocenters. The second kappa shape index (κ2) is 8.54. The zero-order valence-electron chi connectivity index (χ0n) is 16.3. The second-order valence-electron chi connectivity index (χ2n) is 7.25. The average molecular weight is 371 g/mol. The number of rotatable bonds is 7. The first-order valence-electron chi connectivity index (χ1n) is 9.40. The number of hydrogen-bond acceptors (Lipinski definition) is 4. The number of nitrogens with one attached hydrogen (secondary N) is 3. The van der Waals surface area contributed by atoms with Gasteiger partial charge in [-0.2, -0.15) is 5.10 Å². The van der Waals surface area contributed by atoms with E-state index < -0.39 is 0 Å². The van der Waals surface area contributed by atoms with Gasteiger partial charge in [-0.25, -0.2) is 9.48 Å². The van der Waals surface area contributed by atoms with Crippen molar-refractivity contribution >= 4 is 6.03 Å². The van der Waals surface area contributed by atoms with Gasteiger partial charge in [0.1, 0.15) is 0 Å². The number of methoxy groups -OCH3 is 1. The summed E-state index contributed by atoms with van der Waals surface area (Å²) in [7, 11) is 1.69. The number of aromatic nitrogens is 2. The molecule has 1 fully saturated rings. The zero-order chi connectivity index (χ0) is 19.3. The second-order valence-corrected chi connectivity index (χ2v) is 7.25. The van der Waals surface area contributed by atoms with Gasteiger partial charge in [0.15, 0.2) is 0 Å². The monoisotopic (exact) mass is 371 g/mol. The lowest BCUT2D eigenvalue weighted by atomic mass is 9.99. The van der Waals surface area contributed by atoms with E-state index in [4.69, 9.17) is 4.74 Å². The maximum atomic E-state index is 12.3. The average Bonchev–Trinajstić information content (AvgIpc) is 3.25. The number of ether oxygens (including phenoxy) is 1. The fourth-order valence-electron chi connectivity index (χ4n) is 3.70. The Morgan fingerprint density at radius 3 is 2.81 bits per heavy atom. The van der Waals surface area contributed by atoms with Crippen molar-refractivity contribution < 1.29 is 9.53 Å². The van der Waals surface area contributed by atoms with Crippen LogP contribution in [0.15, 0.2) is 30.3 Å². The van der Waals surface area contributed by atoms with E-state index in [0.717, 1.165) is 42.0 Å². The zero-order valence-corrected chi connectivity index (χ0v) is 16.3. The number of carbonyl (C=O) groups excluding carboxylic acids is 1. The van der Waals surface area contributed by atoms with Crippen molar-refractivity contribution in [2.45, 2.75) is 38.8 Å². The minimum absolute atomic E-state index is 0.159. The summed E-state index contributed by atoms with van der Waals surface area (Å²) in [6, 6.07) is 9.85. The third-order valence-corrected chi connectivity index (χ3v) is 5.01. The van der Waals surface area contributed by atoms with Crippen LogP contribution in [0.3, 0.4) is 0 Å². The van der Waals surface area contributed by atoms with Gasteiger partial charge in [0.05, 0.1) is 23.5 Å². The predicted molar refractivity (Wildman–Crippen MR) is 105 cm³/mol. The van der Waals surface area contributed by atoms with Gasteiger partial charge in [-0.15, -0.1) is 0 Å². The lowest BCUT2D eigenvalue weighted by Crippen LogP contribution is -2.54. The number of benzene rings is 1. The number of amides is 2. The third-order valence-electron chi connectivity index (χ3n) is 5.01. The molecule has 7 heteroatoms. The van der Waals surface area contributed by atoms with Crippen LogP contribution in [0, 0.1) is 13.8 Å². The van der Waals surface area contributed by atoms with Gasteiger partial charge < -0.3 is 20.7 Å². The van der Waals surface area contributed by atoms with Crippen LogP contribution in [0.1, 0.15) is 29.8 Å². The molecule has 2 heterocycles. The van der Waals surface area contributed by atoms with Crippen molar-refractivity contribution in [1.82, 2.24) is 25.7 Å². The molecule has 27 heavy (non-hydrogen) atoms. The lowest BCUT2D eigenvalue weighted by molar-refractivity contribution is 0.120. The summed E-state index contributed by atoms with van der Waals surface area (Å²) in [5.41, 5.74) is 3.88. The van der Waals surface area contributed by atoms with Gasteiger partial charge in [-0.05, 0) is 50.9 Å². The standard InChI is InChI=1S/C20H29N5O2/c1-15-11-16(2)25(24-15)18-8-5-4-7-17(18)12-21-19(26)22-13-20(14-27-3)9-6-10-23-20/h4-5,7-8,11,23H,6,9-10,12-14H2,1-3H3,(H2,21,22,26). The highest BCUT2D eigenvalue weighted by Gasteiger charge is 2.33. The number of aryl methyl sites for hydroxylation is 2. The van der Waals surface area contributed by atoms with Crippen LogP contribution < -0.4 is 16.0 Å². The summed E-state index contributed by atoms with van der Waals surface area (Å²) in [5, 5.41) is 14.0. The summed E-state index contributed by atoms with van der Waals surface area (Å²) in [4.78, 5) is 12.3. The Morgan fingerprint density at radius 1 is 1.33 bits per heavy atom. The van der Waals surface area contributed by atoms with Crippen molar-refractivity contribution in [1.29, 1.82) is 0 Å². The summed E-state index contributed by atoms with van der Waals surface area (Å²) in [6.07, 6.45) is 2.10. The Kier molecular flexibility index (Phi) is 6.13. The van der Waals surface area contributed by atoms with Gasteiger partial charge in [0.25, 0.3) is 0 Å². The molecule has 0 aliphatic carbocycles. The molecule has 1 unspecified atom stereocenters. The van der Waals surface area contributed by atoms with Gasteiger partial charge in [-0.3, -0.25) is 0 Å². The van der Waals surface area contributed by atoms with Gasteiger partial charge in [-0.1, -0.05) is 18.2 Å². The van der Waals surface area contributed by atoms with Crippen LogP contribution in [0.25, 0.3) is 5.69 Å². The number of carbonyl (C=O) groups is 1. The van der Waals surface area contributed by atoms with E-state index in [0.29, 0.717) is 19.7 Å². The molecule has 146 valence electrons. The molecule has 3 rings (SSSR count). The first-order valence-corrected chi connectivity index (χ1v) is 9.40. The molecule has 1 aromatic heterocycles. The largest absolute Gasteiger partial charge is 0.383 e. The van der Waals surface area contributed by atoms with Crippen LogP contribution in [0.4, 0.5) is 4.79 Å². The summed E-state index contributed by atoms with van der Waals surface area (Å²) < 4.78 is 7.24. The summed E-state index contributed by atoms with van der Waals surface area (Å²) in [6.45, 7) is 6.54. The van der Waals surface area contributed by atoms with Crippen LogP contribution in [0.5, 0.6) is 0 Å². The molecule has 2 aromatic rings. The SMILES string of the molecule is COCC1(CNC(=O)NCc2ccccc2-n2nc(C)cc2C)CCCN1. The molecule has 7 nitrogen and oxygen atoms in total. The minimum atomic E-state index is -0.178. The van der Waals surface area contributed by atoms with E-state index in [1.165, 1.54) is 0 Å². The van der Waals surface area contributed by atoms with Crippen LogP contribution in [-0.4, -0.2) is 48.2 Å². The van der Waals surface area contributed by atoms with E-state index in [2.05, 4.69) is 21.0 Å². The first-order chi connectivity index (χ1) is 13.0. The summed E-state index contributed by atoms with van der Waals surface area (Å²) in [5.74, 6) is 0. The predicted octanol–water partition coefficient (Wildman–Crippen LogP) is 2.06. The van der Waals surface area contributed by atoms with Gasteiger partial charge in [0.2, 0.25) is 0 Å². The highest BCUT2D eigenvalue weighted by atomic mass is 16.5. The van der Waals surface area contributed by atoms with Crippen molar-refractivity contribution in [2.75, 3.05) is 26.8 Å². The van der Waals surface area contributed by atoms with E-state index in [1.807, 2.05) is 48.9 Å². The topological polar surface area (TPSA) is 80.2 Å². The minimum Gasteiger partial charge on any atom is -0.383 e. The highest BCUT2D eigenvalue weighted by molar-refractivity contribution is 5.74. The highest BCUT2D eigenvalue weighted by Crippen LogP contribution is 2.19. The van der Waals surface area contributed by atoms with E-state index in [-0.39, 0.29) is 11.6 Å². The molecule has 1 aromatic carbocycles. The van der Waals surface area contributed by atoms with Gasteiger partial charge in [0, 0.05) is 25.9 Å². The molecule has 1 saturated heterocycles.